The third-order valence-electron chi connectivity index (χ3n) is 3.63. The van der Waals surface area contributed by atoms with Crippen LogP contribution in [-0.2, 0) is 14.3 Å². The lowest BCUT2D eigenvalue weighted by Gasteiger charge is -2.13. The minimum absolute atomic E-state index is 0.387. The number of hydrogen-bond acceptors (Lipinski definition) is 3. The molecule has 5 heteroatoms. The third kappa shape index (κ3) is 5.57. The Balaban J connectivity index is 1.94. The summed E-state index contributed by atoms with van der Waals surface area (Å²) in [6, 6.07) is 13.3. The van der Waals surface area contributed by atoms with Crippen LogP contribution in [0.1, 0.15) is 23.6 Å². The van der Waals surface area contributed by atoms with E-state index in [1.54, 1.807) is 12.1 Å². The number of halogens is 1. The second kappa shape index (κ2) is 8.62. The van der Waals surface area contributed by atoms with Gasteiger partial charge in [-0.15, -0.1) is 0 Å². The van der Waals surface area contributed by atoms with Crippen molar-refractivity contribution in [3.8, 4) is 0 Å². The Morgan fingerprint density at radius 2 is 1.88 bits per heavy atom. The number of carbonyl (C=O) groups excluding carboxylic acids is 2. The van der Waals surface area contributed by atoms with Gasteiger partial charge in [-0.2, -0.15) is 0 Å². The zero-order valence-corrected chi connectivity index (χ0v) is 16.0. The van der Waals surface area contributed by atoms with E-state index >= 15 is 0 Å². The first-order valence-electron chi connectivity index (χ1n) is 7.88. The summed E-state index contributed by atoms with van der Waals surface area (Å²) in [6.45, 7) is 5.46. The molecule has 4 nitrogen and oxygen atoms in total. The van der Waals surface area contributed by atoms with Crippen molar-refractivity contribution in [1.29, 1.82) is 0 Å². The van der Waals surface area contributed by atoms with Crippen molar-refractivity contribution < 1.29 is 14.3 Å². The highest BCUT2D eigenvalue weighted by atomic mass is 79.9. The first-order valence-corrected chi connectivity index (χ1v) is 8.67. The number of aryl methyl sites for hydroxylation is 2. The van der Waals surface area contributed by atoms with Crippen LogP contribution in [0.15, 0.2) is 53.0 Å². The number of benzene rings is 2. The van der Waals surface area contributed by atoms with Gasteiger partial charge in [0.15, 0.2) is 6.10 Å². The van der Waals surface area contributed by atoms with Crippen LogP contribution in [0.25, 0.3) is 6.08 Å². The summed E-state index contributed by atoms with van der Waals surface area (Å²) in [5.41, 5.74) is 3.70. The number of nitrogens with one attached hydrogen (secondary N) is 1. The van der Waals surface area contributed by atoms with Crippen LogP contribution in [0.4, 0.5) is 5.69 Å². The number of esters is 1. The van der Waals surface area contributed by atoms with Crippen molar-refractivity contribution in [2.75, 3.05) is 5.32 Å². The molecule has 0 saturated heterocycles. The molecule has 0 heterocycles. The van der Waals surface area contributed by atoms with Gasteiger partial charge in [0.05, 0.1) is 5.69 Å². The Bertz CT molecular complexity index is 814. The maximum absolute atomic E-state index is 12.2. The normalized spacial score (nSPS) is 12.0. The molecule has 130 valence electrons. The second-order valence-electron chi connectivity index (χ2n) is 5.74. The van der Waals surface area contributed by atoms with Gasteiger partial charge in [0.1, 0.15) is 0 Å². The number of amides is 1. The van der Waals surface area contributed by atoms with E-state index in [9.17, 15) is 9.59 Å². The third-order valence-corrected chi connectivity index (χ3v) is 4.29. The van der Waals surface area contributed by atoms with Crippen LogP contribution in [0, 0.1) is 13.8 Å². The lowest BCUT2D eigenvalue weighted by atomic mass is 10.1. The highest BCUT2D eigenvalue weighted by molar-refractivity contribution is 9.10. The lowest BCUT2D eigenvalue weighted by Crippen LogP contribution is -2.29. The zero-order chi connectivity index (χ0) is 18.4. The highest BCUT2D eigenvalue weighted by Gasteiger charge is 2.17. The van der Waals surface area contributed by atoms with Gasteiger partial charge in [0.25, 0.3) is 5.91 Å². The SMILES string of the molecule is Cc1ccc(NC(=O)[C@@H](C)OC(=O)/C=C/c2ccccc2C)c(Br)c1. The van der Waals surface area contributed by atoms with E-state index in [-0.39, 0.29) is 5.91 Å². The van der Waals surface area contributed by atoms with Gasteiger partial charge in [0.2, 0.25) is 0 Å². The molecule has 25 heavy (non-hydrogen) atoms. The quantitative estimate of drug-likeness (QED) is 0.585. The fraction of sp³-hybridized carbons (Fsp3) is 0.200. The Morgan fingerprint density at radius 3 is 2.56 bits per heavy atom. The fourth-order valence-electron chi connectivity index (χ4n) is 2.15. The molecule has 1 atom stereocenters. The van der Waals surface area contributed by atoms with E-state index in [1.165, 1.54) is 13.0 Å². The molecule has 1 amide bonds. The molecular formula is C20H20BrNO3. The molecule has 0 bridgehead atoms. The smallest absolute Gasteiger partial charge is 0.331 e. The van der Waals surface area contributed by atoms with Crippen LogP contribution in [0.3, 0.4) is 0 Å². The molecule has 0 radical (unpaired) electrons. The number of rotatable bonds is 5. The minimum atomic E-state index is -0.901. The van der Waals surface area contributed by atoms with E-state index in [0.29, 0.717) is 5.69 Å². The van der Waals surface area contributed by atoms with Gasteiger partial charge in [-0.05, 0) is 71.6 Å². The molecule has 0 aromatic heterocycles. The van der Waals surface area contributed by atoms with Crippen LogP contribution in [-0.4, -0.2) is 18.0 Å². The number of hydrogen-bond donors (Lipinski definition) is 1. The van der Waals surface area contributed by atoms with Crippen LogP contribution in [0.2, 0.25) is 0 Å². The minimum Gasteiger partial charge on any atom is -0.449 e. The van der Waals surface area contributed by atoms with E-state index in [4.69, 9.17) is 4.74 Å². The van der Waals surface area contributed by atoms with E-state index in [1.807, 2.05) is 50.2 Å². The second-order valence-corrected chi connectivity index (χ2v) is 6.60. The molecule has 0 unspecified atom stereocenters. The van der Waals surface area contributed by atoms with Crippen LogP contribution >= 0.6 is 15.9 Å². The summed E-state index contributed by atoms with van der Waals surface area (Å²) in [5.74, 6) is -0.948. The van der Waals surface area contributed by atoms with Crippen molar-refractivity contribution in [3.63, 3.8) is 0 Å². The molecule has 2 rings (SSSR count). The fourth-order valence-corrected chi connectivity index (χ4v) is 2.75. The maximum Gasteiger partial charge on any atom is 0.331 e. The van der Waals surface area contributed by atoms with Crippen molar-refractivity contribution >= 4 is 39.6 Å². The van der Waals surface area contributed by atoms with Gasteiger partial charge in [-0.1, -0.05) is 30.3 Å². The first-order chi connectivity index (χ1) is 11.9. The summed E-state index contributed by atoms with van der Waals surface area (Å²) >= 11 is 3.40. The van der Waals surface area contributed by atoms with Gasteiger partial charge < -0.3 is 10.1 Å². The average molecular weight is 402 g/mol. The summed E-state index contributed by atoms with van der Waals surface area (Å²) in [4.78, 5) is 24.1. The average Bonchev–Trinajstić information content (AvgIpc) is 2.56. The molecule has 0 aliphatic rings. The standard InChI is InChI=1S/C20H20BrNO3/c1-13-8-10-18(17(21)12-13)22-20(24)15(3)25-19(23)11-9-16-7-5-4-6-14(16)2/h4-12,15H,1-3H3,(H,22,24)/b11-9+/t15-/m1/s1. The Labute approximate surface area is 156 Å². The lowest BCUT2D eigenvalue weighted by molar-refractivity contribution is -0.148. The summed E-state index contributed by atoms with van der Waals surface area (Å²) in [7, 11) is 0. The highest BCUT2D eigenvalue weighted by Crippen LogP contribution is 2.23. The van der Waals surface area contributed by atoms with Crippen molar-refractivity contribution in [3.05, 3.63) is 69.7 Å². The molecule has 0 spiro atoms. The molecule has 2 aromatic carbocycles. The van der Waals surface area contributed by atoms with E-state index in [2.05, 4.69) is 21.2 Å². The summed E-state index contributed by atoms with van der Waals surface area (Å²) < 4.78 is 5.93. The Morgan fingerprint density at radius 1 is 1.16 bits per heavy atom. The van der Waals surface area contributed by atoms with Crippen molar-refractivity contribution in [2.45, 2.75) is 26.9 Å². The van der Waals surface area contributed by atoms with Crippen LogP contribution in [0.5, 0.6) is 0 Å². The van der Waals surface area contributed by atoms with Crippen molar-refractivity contribution in [1.82, 2.24) is 0 Å². The van der Waals surface area contributed by atoms with Crippen molar-refractivity contribution in [2.24, 2.45) is 0 Å². The van der Waals surface area contributed by atoms with E-state index in [0.717, 1.165) is 21.2 Å². The molecule has 0 fully saturated rings. The van der Waals surface area contributed by atoms with Crippen LogP contribution < -0.4 is 5.32 Å². The Hall–Kier alpha value is -2.40. The predicted octanol–water partition coefficient (Wildman–Crippen LogP) is 4.65. The molecule has 1 N–H and O–H groups in total. The topological polar surface area (TPSA) is 55.4 Å². The number of anilines is 1. The number of carbonyl (C=O) groups is 2. The first kappa shape index (κ1) is 18.9. The summed E-state index contributed by atoms with van der Waals surface area (Å²) in [6.07, 6.45) is 2.11. The van der Waals surface area contributed by atoms with Gasteiger partial charge in [0, 0.05) is 10.5 Å². The van der Waals surface area contributed by atoms with Gasteiger partial charge >= 0.3 is 5.97 Å². The largest absolute Gasteiger partial charge is 0.449 e. The summed E-state index contributed by atoms with van der Waals surface area (Å²) in [5, 5.41) is 2.74. The zero-order valence-electron chi connectivity index (χ0n) is 14.4. The molecule has 2 aromatic rings. The molecular weight excluding hydrogens is 382 g/mol. The van der Waals surface area contributed by atoms with Gasteiger partial charge in [-0.3, -0.25) is 4.79 Å². The van der Waals surface area contributed by atoms with Gasteiger partial charge in [-0.25, -0.2) is 4.79 Å². The number of ether oxygens (including phenoxy) is 1. The predicted molar refractivity (Wildman–Crippen MR) is 103 cm³/mol. The monoisotopic (exact) mass is 401 g/mol. The molecule has 0 aliphatic carbocycles. The van der Waals surface area contributed by atoms with E-state index < -0.39 is 12.1 Å². The maximum atomic E-state index is 12.2. The molecule has 0 saturated carbocycles. The Kier molecular flexibility index (Phi) is 6.53. The molecule has 0 aliphatic heterocycles.